The highest BCUT2D eigenvalue weighted by Gasteiger charge is 2.15. The number of nitro groups is 1. The summed E-state index contributed by atoms with van der Waals surface area (Å²) < 4.78 is 4.03. The summed E-state index contributed by atoms with van der Waals surface area (Å²) in [6.45, 7) is 1.51. The van der Waals surface area contributed by atoms with Gasteiger partial charge in [-0.3, -0.25) is 10.1 Å². The van der Waals surface area contributed by atoms with Crippen molar-refractivity contribution >= 4 is 28.7 Å². The molecule has 7 nitrogen and oxygen atoms in total. The maximum atomic E-state index is 10.9. The number of anilines is 2. The van der Waals surface area contributed by atoms with Gasteiger partial charge < -0.3 is 11.1 Å². The molecule has 0 spiro atoms. The van der Waals surface area contributed by atoms with Gasteiger partial charge in [0.25, 0.3) is 5.69 Å². The Balaban J connectivity index is 1.93. The van der Waals surface area contributed by atoms with Gasteiger partial charge in [-0.05, 0) is 6.07 Å². The minimum absolute atomic E-state index is 0.0652. The highest BCUT2D eigenvalue weighted by atomic mass is 35.5. The first-order valence-corrected chi connectivity index (χ1v) is 6.83. The van der Waals surface area contributed by atoms with Crippen molar-refractivity contribution in [1.29, 1.82) is 0 Å². The Kier molecular flexibility index (Phi) is 4.64. The van der Waals surface area contributed by atoms with Crippen LogP contribution in [-0.4, -0.2) is 16.0 Å². The predicted molar refractivity (Wildman–Crippen MR) is 81.2 cm³/mol. The number of nitrogens with zero attached hydrogens (tertiary/aromatic N) is 3. The maximum absolute atomic E-state index is 10.9. The number of nitrogen functional groups attached to an aromatic ring is 1. The first-order chi connectivity index (χ1) is 9.97. The molecule has 21 heavy (non-hydrogen) atoms. The number of nitrogens with two attached hydrogens (primary N) is 1. The predicted octanol–water partition coefficient (Wildman–Crippen LogP) is 1.96. The summed E-state index contributed by atoms with van der Waals surface area (Å²) in [6, 6.07) is 2.77. The lowest BCUT2D eigenvalue weighted by molar-refractivity contribution is -0.696. The molecule has 1 aromatic heterocycles. The van der Waals surface area contributed by atoms with Crippen LogP contribution < -0.4 is 15.6 Å². The van der Waals surface area contributed by atoms with Crippen LogP contribution in [0.2, 0.25) is 5.02 Å². The van der Waals surface area contributed by atoms with Crippen LogP contribution in [0.5, 0.6) is 0 Å². The molecule has 1 aromatic carbocycles. The number of benzene rings is 1. The van der Waals surface area contributed by atoms with Crippen LogP contribution in [0.3, 0.4) is 0 Å². The number of nitrogens with one attached hydrogen (secondary N) is 1. The summed E-state index contributed by atoms with van der Waals surface area (Å²) in [6.07, 6.45) is 6.80. The van der Waals surface area contributed by atoms with E-state index in [9.17, 15) is 10.1 Å². The van der Waals surface area contributed by atoms with Gasteiger partial charge in [0, 0.05) is 19.0 Å². The molecule has 112 valence electrons. The second kappa shape index (κ2) is 6.45. The van der Waals surface area contributed by atoms with Crippen LogP contribution in [0.15, 0.2) is 30.9 Å². The fourth-order valence-electron chi connectivity index (χ4n) is 1.99. The molecule has 0 aliphatic rings. The van der Waals surface area contributed by atoms with E-state index < -0.39 is 4.92 Å². The fraction of sp³-hybridized carbons (Fsp3) is 0.308. The van der Waals surface area contributed by atoms with Gasteiger partial charge in [-0.2, -0.15) is 0 Å². The summed E-state index contributed by atoms with van der Waals surface area (Å²) in [5, 5.41) is 14.3. The standard InChI is InChI=1S/C13H17ClN5O2/c1-17-5-6-18(9-17)4-2-3-16-12-8-13(19(20)21)11(15)7-10(12)14/h5-9,16H,2-4,15H2,1H3/q+1. The van der Waals surface area contributed by atoms with Crippen molar-refractivity contribution in [2.24, 2.45) is 7.05 Å². The summed E-state index contributed by atoms with van der Waals surface area (Å²) in [7, 11) is 1.96. The van der Waals surface area contributed by atoms with E-state index in [1.165, 1.54) is 12.1 Å². The van der Waals surface area contributed by atoms with E-state index in [4.69, 9.17) is 17.3 Å². The third kappa shape index (κ3) is 3.85. The molecular formula is C13H17ClN5O2+. The smallest absolute Gasteiger partial charge is 0.294 e. The lowest BCUT2D eigenvalue weighted by atomic mass is 10.2. The van der Waals surface area contributed by atoms with Crippen molar-refractivity contribution in [3.05, 3.63) is 46.0 Å². The van der Waals surface area contributed by atoms with Crippen molar-refractivity contribution in [1.82, 2.24) is 4.57 Å². The van der Waals surface area contributed by atoms with E-state index in [0.29, 0.717) is 17.3 Å². The molecule has 0 atom stereocenters. The van der Waals surface area contributed by atoms with Gasteiger partial charge in [0.15, 0.2) is 0 Å². The van der Waals surface area contributed by atoms with Gasteiger partial charge in [-0.15, -0.1) is 0 Å². The molecule has 2 aromatic rings. The number of hydrogen-bond acceptors (Lipinski definition) is 4. The molecule has 0 aliphatic carbocycles. The van der Waals surface area contributed by atoms with Gasteiger partial charge in [0.05, 0.1) is 29.2 Å². The molecular weight excluding hydrogens is 294 g/mol. The Morgan fingerprint density at radius 3 is 2.90 bits per heavy atom. The molecule has 1 heterocycles. The highest BCUT2D eigenvalue weighted by molar-refractivity contribution is 6.33. The van der Waals surface area contributed by atoms with Crippen molar-refractivity contribution in [2.75, 3.05) is 17.6 Å². The third-order valence-corrected chi connectivity index (χ3v) is 3.36. The Morgan fingerprint density at radius 2 is 2.29 bits per heavy atom. The fourth-order valence-corrected chi connectivity index (χ4v) is 2.23. The van der Waals surface area contributed by atoms with E-state index in [-0.39, 0.29) is 11.4 Å². The van der Waals surface area contributed by atoms with Crippen molar-refractivity contribution in [3.63, 3.8) is 0 Å². The van der Waals surface area contributed by atoms with E-state index in [0.717, 1.165) is 13.0 Å². The first-order valence-electron chi connectivity index (χ1n) is 6.45. The summed E-state index contributed by atoms with van der Waals surface area (Å²) in [5.74, 6) is 0. The Bertz CT molecular complexity index is 656. The number of rotatable bonds is 6. The summed E-state index contributed by atoms with van der Waals surface area (Å²) >= 11 is 6.03. The minimum atomic E-state index is -0.517. The molecule has 0 radical (unpaired) electrons. The maximum Gasteiger partial charge on any atom is 0.294 e. The van der Waals surface area contributed by atoms with Crippen LogP contribution in [0.4, 0.5) is 17.1 Å². The molecule has 0 fully saturated rings. The molecule has 2 rings (SSSR count). The Morgan fingerprint density at radius 1 is 1.52 bits per heavy atom. The molecule has 0 saturated heterocycles. The lowest BCUT2D eigenvalue weighted by Gasteiger charge is -2.08. The zero-order chi connectivity index (χ0) is 15.4. The lowest BCUT2D eigenvalue weighted by Crippen LogP contribution is -2.31. The van der Waals surface area contributed by atoms with Gasteiger partial charge in [0.2, 0.25) is 6.33 Å². The zero-order valence-electron chi connectivity index (χ0n) is 11.6. The van der Waals surface area contributed by atoms with Crippen LogP contribution >= 0.6 is 11.6 Å². The second-order valence-electron chi connectivity index (χ2n) is 4.75. The molecule has 8 heteroatoms. The van der Waals surface area contributed by atoms with Crippen LogP contribution in [0.25, 0.3) is 0 Å². The molecule has 0 saturated carbocycles. The number of nitro benzene ring substituents is 1. The van der Waals surface area contributed by atoms with Crippen molar-refractivity contribution in [2.45, 2.75) is 13.0 Å². The highest BCUT2D eigenvalue weighted by Crippen LogP contribution is 2.32. The average molecular weight is 311 g/mol. The monoisotopic (exact) mass is 310 g/mol. The van der Waals surface area contributed by atoms with Crippen molar-refractivity contribution < 1.29 is 9.49 Å². The van der Waals surface area contributed by atoms with E-state index >= 15 is 0 Å². The van der Waals surface area contributed by atoms with E-state index in [1.54, 1.807) is 0 Å². The average Bonchev–Trinajstić information content (AvgIpc) is 2.82. The zero-order valence-corrected chi connectivity index (χ0v) is 12.4. The van der Waals surface area contributed by atoms with Gasteiger partial charge in [-0.1, -0.05) is 11.6 Å². The van der Waals surface area contributed by atoms with Crippen molar-refractivity contribution in [3.8, 4) is 0 Å². The number of aryl methyl sites for hydroxylation is 2. The molecule has 3 N–H and O–H groups in total. The summed E-state index contributed by atoms with van der Waals surface area (Å²) in [4.78, 5) is 10.3. The number of aromatic nitrogens is 2. The Hall–Kier alpha value is -2.28. The second-order valence-corrected chi connectivity index (χ2v) is 5.15. The largest absolute Gasteiger partial charge is 0.393 e. The third-order valence-electron chi connectivity index (χ3n) is 3.05. The molecule has 0 unspecified atom stereocenters. The number of hydrogen-bond donors (Lipinski definition) is 2. The molecule has 0 amide bonds. The topological polar surface area (TPSA) is 90.0 Å². The molecule has 0 aliphatic heterocycles. The van der Waals surface area contributed by atoms with Gasteiger partial charge in [0.1, 0.15) is 18.1 Å². The minimum Gasteiger partial charge on any atom is -0.393 e. The molecule has 0 bridgehead atoms. The first kappa shape index (κ1) is 15.1. The SMILES string of the molecule is Cn1cc[n+](CCCNc2cc([N+](=O)[O-])c(N)cc2Cl)c1. The normalized spacial score (nSPS) is 10.6. The van der Waals surface area contributed by atoms with Crippen LogP contribution in [-0.2, 0) is 13.6 Å². The van der Waals surface area contributed by atoms with Gasteiger partial charge in [-0.25, -0.2) is 9.13 Å². The number of halogens is 1. The summed E-state index contributed by atoms with van der Waals surface area (Å²) in [5.41, 5.74) is 6.01. The number of imidazole rings is 1. The quantitative estimate of drug-likeness (QED) is 0.280. The van der Waals surface area contributed by atoms with Crippen LogP contribution in [0, 0.1) is 10.1 Å². The van der Waals surface area contributed by atoms with E-state index in [2.05, 4.69) is 9.88 Å². The van der Waals surface area contributed by atoms with Crippen LogP contribution in [0.1, 0.15) is 6.42 Å². The Labute approximate surface area is 127 Å². The van der Waals surface area contributed by atoms with Gasteiger partial charge >= 0.3 is 0 Å². The van der Waals surface area contributed by atoms with E-state index in [1.807, 2.05) is 30.3 Å².